The Balaban J connectivity index is 1.43. The second-order valence-corrected chi connectivity index (χ2v) is 12.0. The van der Waals surface area contributed by atoms with Crippen LogP contribution in [0.3, 0.4) is 0 Å². The molecule has 0 aliphatic rings. The van der Waals surface area contributed by atoms with E-state index < -0.39 is 0 Å². The van der Waals surface area contributed by atoms with Crippen LogP contribution >= 0.6 is 0 Å². The number of para-hydroxylation sites is 3. The molecule has 0 fully saturated rings. The molecule has 0 saturated carbocycles. The third-order valence-electron chi connectivity index (χ3n) is 9.39. The van der Waals surface area contributed by atoms with Crippen LogP contribution in [-0.4, -0.2) is 9.13 Å². The minimum atomic E-state index is 0.471. The third-order valence-corrected chi connectivity index (χ3v) is 9.39. The van der Waals surface area contributed by atoms with E-state index in [0.717, 1.165) is 55.7 Å². The van der Waals surface area contributed by atoms with Crippen molar-refractivity contribution in [3.05, 3.63) is 169 Å². The summed E-state index contributed by atoms with van der Waals surface area (Å²) in [6.07, 6.45) is 0. The number of aromatic nitrogens is 2. The largest absolute Gasteiger partial charge is 0.309 e. The van der Waals surface area contributed by atoms with Gasteiger partial charge in [0.1, 0.15) is 0 Å². The summed E-state index contributed by atoms with van der Waals surface area (Å²) in [6.45, 7) is 0. The lowest BCUT2D eigenvalue weighted by molar-refractivity contribution is 1.17. The van der Waals surface area contributed by atoms with Crippen LogP contribution < -0.4 is 0 Å². The summed E-state index contributed by atoms with van der Waals surface area (Å²) in [5, 5.41) is 24.3. The van der Waals surface area contributed by atoms with Crippen molar-refractivity contribution in [3.8, 4) is 45.8 Å². The van der Waals surface area contributed by atoms with Crippen molar-refractivity contribution in [1.29, 1.82) is 10.5 Å². The van der Waals surface area contributed by atoms with E-state index in [0.29, 0.717) is 11.1 Å². The topological polar surface area (TPSA) is 57.4 Å². The first-order valence-corrected chi connectivity index (χ1v) is 15.9. The Morgan fingerprint density at radius 2 is 1.12 bits per heavy atom. The predicted molar refractivity (Wildman–Crippen MR) is 195 cm³/mol. The number of hydrogen-bond donors (Lipinski definition) is 0. The first kappa shape index (κ1) is 27.4. The van der Waals surface area contributed by atoms with E-state index in [-0.39, 0.29) is 0 Å². The van der Waals surface area contributed by atoms with E-state index in [2.05, 4.69) is 155 Å². The van der Waals surface area contributed by atoms with E-state index in [1.54, 1.807) is 12.1 Å². The lowest BCUT2D eigenvalue weighted by Crippen LogP contribution is -1.99. The molecule has 222 valence electrons. The van der Waals surface area contributed by atoms with Gasteiger partial charge < -0.3 is 9.13 Å². The number of benzene rings is 7. The average molecular weight is 611 g/mol. The van der Waals surface area contributed by atoms with Crippen molar-refractivity contribution in [2.75, 3.05) is 0 Å². The van der Waals surface area contributed by atoms with Gasteiger partial charge in [-0.05, 0) is 71.3 Å². The van der Waals surface area contributed by atoms with Gasteiger partial charge in [0.15, 0.2) is 0 Å². The van der Waals surface area contributed by atoms with E-state index in [4.69, 9.17) is 0 Å². The minimum absolute atomic E-state index is 0.471. The fraction of sp³-hybridized carbons (Fsp3) is 0. The molecule has 0 atom stereocenters. The number of nitrogens with zero attached hydrogens (tertiary/aromatic N) is 4. The van der Waals surface area contributed by atoms with Crippen LogP contribution in [0.4, 0.5) is 0 Å². The first-order chi connectivity index (χ1) is 23.7. The van der Waals surface area contributed by atoms with Gasteiger partial charge in [-0.2, -0.15) is 10.5 Å². The van der Waals surface area contributed by atoms with Crippen molar-refractivity contribution in [3.63, 3.8) is 0 Å². The fourth-order valence-corrected chi connectivity index (χ4v) is 7.32. The molecule has 4 nitrogen and oxygen atoms in total. The molecule has 48 heavy (non-hydrogen) atoms. The molecule has 0 spiro atoms. The van der Waals surface area contributed by atoms with Crippen LogP contribution in [0.15, 0.2) is 158 Å². The minimum Gasteiger partial charge on any atom is -0.309 e. The number of rotatable bonds is 4. The maximum atomic E-state index is 10.0. The Kier molecular flexibility index (Phi) is 6.22. The Bertz CT molecular complexity index is 2790. The molecule has 4 heteroatoms. The third kappa shape index (κ3) is 4.07. The highest BCUT2D eigenvalue weighted by atomic mass is 15.0. The molecule has 0 aliphatic heterocycles. The van der Waals surface area contributed by atoms with Crippen molar-refractivity contribution in [2.24, 2.45) is 0 Å². The molecule has 0 aliphatic carbocycles. The fourth-order valence-electron chi connectivity index (χ4n) is 7.32. The molecule has 9 rings (SSSR count). The number of hydrogen-bond acceptors (Lipinski definition) is 2. The van der Waals surface area contributed by atoms with Gasteiger partial charge in [0.2, 0.25) is 0 Å². The smallest absolute Gasteiger partial charge is 0.0998 e. The molecule has 2 heterocycles. The highest BCUT2D eigenvalue weighted by molar-refractivity contribution is 6.26. The van der Waals surface area contributed by atoms with Crippen LogP contribution in [0.25, 0.3) is 77.2 Å². The van der Waals surface area contributed by atoms with E-state index in [1.165, 1.54) is 21.5 Å². The number of fused-ring (bicyclic) bond motifs is 7. The van der Waals surface area contributed by atoms with Crippen LogP contribution in [-0.2, 0) is 0 Å². The Morgan fingerprint density at radius 3 is 1.88 bits per heavy atom. The molecule has 0 bridgehead atoms. The molecule has 9 aromatic rings. The monoisotopic (exact) mass is 610 g/mol. The predicted octanol–water partition coefficient (Wildman–Crippen LogP) is 11.0. The van der Waals surface area contributed by atoms with E-state index in [1.807, 2.05) is 12.1 Å². The molecular weight excluding hydrogens is 585 g/mol. The maximum Gasteiger partial charge on any atom is 0.0998 e. The Hall–Kier alpha value is -6.88. The molecule has 0 saturated heterocycles. The second kappa shape index (κ2) is 10.9. The molecule has 7 aromatic carbocycles. The summed E-state index contributed by atoms with van der Waals surface area (Å²) >= 11 is 0. The van der Waals surface area contributed by atoms with Crippen LogP contribution in [0.1, 0.15) is 11.1 Å². The molecule has 0 amide bonds. The van der Waals surface area contributed by atoms with E-state index in [9.17, 15) is 10.5 Å². The Morgan fingerprint density at radius 1 is 0.438 bits per heavy atom. The molecular formula is C44H26N4. The zero-order valence-corrected chi connectivity index (χ0v) is 25.8. The highest BCUT2D eigenvalue weighted by Gasteiger charge is 2.22. The van der Waals surface area contributed by atoms with Gasteiger partial charge in [0.05, 0.1) is 51.0 Å². The molecule has 2 aromatic heterocycles. The zero-order chi connectivity index (χ0) is 32.2. The lowest BCUT2D eigenvalue weighted by atomic mass is 9.94. The summed E-state index contributed by atoms with van der Waals surface area (Å²) < 4.78 is 4.78. The summed E-state index contributed by atoms with van der Waals surface area (Å²) in [7, 11) is 0. The summed E-state index contributed by atoms with van der Waals surface area (Å²) in [5.74, 6) is 0. The highest BCUT2D eigenvalue weighted by Crippen LogP contribution is 2.44. The first-order valence-electron chi connectivity index (χ1n) is 15.9. The standard InChI is InChI=1S/C44H26N4/c45-27-29-19-21-34(32(25-29)28-46)31-20-23-41(38(26-31)30-11-3-1-4-12-30)48-39-17-9-7-15-35(39)36-22-24-42-43(44(36)48)37-16-8-10-18-40(37)47(42)33-13-5-2-6-14-33/h1-26H. The van der Waals surface area contributed by atoms with Gasteiger partial charge in [-0.25, -0.2) is 0 Å². The quantitative estimate of drug-likeness (QED) is 0.199. The maximum absolute atomic E-state index is 10.0. The second-order valence-electron chi connectivity index (χ2n) is 12.0. The lowest BCUT2D eigenvalue weighted by Gasteiger charge is -2.17. The van der Waals surface area contributed by atoms with Crippen molar-refractivity contribution in [2.45, 2.75) is 0 Å². The van der Waals surface area contributed by atoms with Crippen molar-refractivity contribution < 1.29 is 0 Å². The zero-order valence-electron chi connectivity index (χ0n) is 25.8. The van der Waals surface area contributed by atoms with Crippen LogP contribution in [0, 0.1) is 22.7 Å². The van der Waals surface area contributed by atoms with E-state index >= 15 is 0 Å². The molecule has 0 radical (unpaired) electrons. The van der Waals surface area contributed by atoms with Gasteiger partial charge in [0, 0.05) is 32.8 Å². The summed E-state index contributed by atoms with van der Waals surface area (Å²) in [6, 6.07) is 59.1. The summed E-state index contributed by atoms with van der Waals surface area (Å²) in [4.78, 5) is 0. The normalized spacial score (nSPS) is 11.3. The van der Waals surface area contributed by atoms with Crippen LogP contribution in [0.2, 0.25) is 0 Å². The molecule has 0 N–H and O–H groups in total. The summed E-state index contributed by atoms with van der Waals surface area (Å²) in [5.41, 5.74) is 11.5. The van der Waals surface area contributed by atoms with Gasteiger partial charge in [0.25, 0.3) is 0 Å². The Labute approximate surface area is 277 Å². The molecule has 0 unspecified atom stereocenters. The van der Waals surface area contributed by atoms with Gasteiger partial charge in [-0.3, -0.25) is 0 Å². The van der Waals surface area contributed by atoms with Gasteiger partial charge in [-0.1, -0.05) is 103 Å². The SMILES string of the molecule is N#Cc1ccc(-c2ccc(-n3c4ccccc4c4ccc5c(c6ccccc6n5-c5ccccc5)c43)c(-c3ccccc3)c2)c(C#N)c1. The number of nitriles is 2. The van der Waals surface area contributed by atoms with Gasteiger partial charge in [-0.15, -0.1) is 0 Å². The average Bonchev–Trinajstić information content (AvgIpc) is 3.68. The van der Waals surface area contributed by atoms with Crippen molar-refractivity contribution >= 4 is 43.6 Å². The van der Waals surface area contributed by atoms with Crippen molar-refractivity contribution in [1.82, 2.24) is 9.13 Å². The van der Waals surface area contributed by atoms with Gasteiger partial charge >= 0.3 is 0 Å². The van der Waals surface area contributed by atoms with Crippen LogP contribution in [0.5, 0.6) is 0 Å².